The van der Waals surface area contributed by atoms with Gasteiger partial charge < -0.3 is 9.30 Å². The average molecular weight is 361 g/mol. The largest absolute Gasteiger partial charge is 0.497 e. The van der Waals surface area contributed by atoms with Crippen molar-refractivity contribution in [1.29, 1.82) is 0 Å². The molecule has 5 rings (SSSR count). The molecule has 1 saturated heterocycles. The Morgan fingerprint density at radius 3 is 2.67 bits per heavy atom. The summed E-state index contributed by atoms with van der Waals surface area (Å²) >= 11 is 0. The molecule has 0 N–H and O–H groups in total. The van der Waals surface area contributed by atoms with Crippen molar-refractivity contribution in [2.24, 2.45) is 0 Å². The highest BCUT2D eigenvalue weighted by atomic mass is 16.5. The van der Waals surface area contributed by atoms with Crippen LogP contribution in [0.3, 0.4) is 0 Å². The summed E-state index contributed by atoms with van der Waals surface area (Å²) in [6, 6.07) is 18.9. The Morgan fingerprint density at radius 1 is 1.04 bits per heavy atom. The summed E-state index contributed by atoms with van der Waals surface area (Å²) in [5.74, 6) is 0.929. The van der Waals surface area contributed by atoms with E-state index in [0.717, 1.165) is 18.7 Å². The number of aryl methyl sites for hydroxylation is 2. The number of hydrogen-bond acceptors (Lipinski definition) is 2. The molecule has 3 heteroatoms. The lowest BCUT2D eigenvalue weighted by molar-refractivity contribution is 0.0988. The highest BCUT2D eigenvalue weighted by molar-refractivity contribution is 5.86. The molecular weight excluding hydrogens is 332 g/mol. The van der Waals surface area contributed by atoms with Crippen molar-refractivity contribution in [2.45, 2.75) is 50.7 Å². The van der Waals surface area contributed by atoms with Gasteiger partial charge in [0, 0.05) is 41.6 Å². The van der Waals surface area contributed by atoms with Gasteiger partial charge in [0.15, 0.2) is 0 Å². The first kappa shape index (κ1) is 16.9. The van der Waals surface area contributed by atoms with Gasteiger partial charge >= 0.3 is 0 Å². The standard InChI is InChI=1S/C24H28N2O/c1-25-18-6-5-9-22(25)24-20-7-3-4-8-21(20)26(23(24)16-18)15-14-17-10-12-19(27-2)13-11-17/h3-4,7-8,10-13,18,22H,5-6,9,14-16H2,1-2H3. The molecule has 2 aliphatic rings. The second kappa shape index (κ2) is 6.72. The summed E-state index contributed by atoms with van der Waals surface area (Å²) in [4.78, 5) is 2.64. The van der Waals surface area contributed by atoms with Gasteiger partial charge in [0.2, 0.25) is 0 Å². The number of rotatable bonds is 4. The van der Waals surface area contributed by atoms with Gasteiger partial charge in [-0.1, -0.05) is 30.3 Å². The first-order valence-electron chi connectivity index (χ1n) is 10.2. The number of benzene rings is 2. The van der Waals surface area contributed by atoms with Gasteiger partial charge in [-0.2, -0.15) is 0 Å². The SMILES string of the molecule is COc1ccc(CCn2c3c(c4ccccc42)C2CCCC(C3)N2C)cc1. The molecule has 0 saturated carbocycles. The molecule has 1 fully saturated rings. The Balaban J connectivity index is 1.53. The van der Waals surface area contributed by atoms with E-state index in [2.05, 4.69) is 65.0 Å². The van der Waals surface area contributed by atoms with Crippen molar-refractivity contribution in [1.82, 2.24) is 9.47 Å². The molecule has 2 atom stereocenters. The van der Waals surface area contributed by atoms with Crippen LogP contribution in [0.4, 0.5) is 0 Å². The van der Waals surface area contributed by atoms with E-state index >= 15 is 0 Å². The van der Waals surface area contributed by atoms with E-state index < -0.39 is 0 Å². The van der Waals surface area contributed by atoms with Gasteiger partial charge in [0.1, 0.15) is 5.75 Å². The van der Waals surface area contributed by atoms with Crippen LogP contribution in [0.1, 0.15) is 42.1 Å². The van der Waals surface area contributed by atoms with Crippen molar-refractivity contribution in [2.75, 3.05) is 14.2 Å². The minimum absolute atomic E-state index is 0.597. The first-order valence-corrected chi connectivity index (χ1v) is 10.2. The highest BCUT2D eigenvalue weighted by Crippen LogP contribution is 2.45. The monoisotopic (exact) mass is 360 g/mol. The number of nitrogens with zero attached hydrogens (tertiary/aromatic N) is 2. The number of methoxy groups -OCH3 is 1. The number of aromatic nitrogens is 1. The Morgan fingerprint density at radius 2 is 1.85 bits per heavy atom. The van der Waals surface area contributed by atoms with Crippen LogP contribution < -0.4 is 4.74 Å². The normalized spacial score (nSPS) is 22.0. The minimum atomic E-state index is 0.597. The molecule has 0 aliphatic carbocycles. The van der Waals surface area contributed by atoms with Gasteiger partial charge in [0.25, 0.3) is 0 Å². The van der Waals surface area contributed by atoms with Crippen LogP contribution in [0, 0.1) is 0 Å². The average Bonchev–Trinajstić information content (AvgIpc) is 3.00. The van der Waals surface area contributed by atoms with Crippen LogP contribution in [-0.4, -0.2) is 29.7 Å². The van der Waals surface area contributed by atoms with Crippen LogP contribution in [-0.2, 0) is 19.4 Å². The molecule has 27 heavy (non-hydrogen) atoms. The molecule has 2 aromatic carbocycles. The van der Waals surface area contributed by atoms with Crippen LogP contribution in [0.5, 0.6) is 5.75 Å². The van der Waals surface area contributed by atoms with Gasteiger partial charge in [-0.3, -0.25) is 4.90 Å². The molecule has 1 aromatic heterocycles. The molecule has 3 aromatic rings. The van der Waals surface area contributed by atoms with Gasteiger partial charge in [-0.15, -0.1) is 0 Å². The quantitative estimate of drug-likeness (QED) is 0.653. The van der Waals surface area contributed by atoms with Crippen LogP contribution in [0.15, 0.2) is 48.5 Å². The Kier molecular flexibility index (Phi) is 4.20. The highest BCUT2D eigenvalue weighted by Gasteiger charge is 2.38. The summed E-state index contributed by atoms with van der Waals surface area (Å²) in [6.45, 7) is 1.05. The van der Waals surface area contributed by atoms with Crippen molar-refractivity contribution in [3.8, 4) is 5.75 Å². The molecule has 2 aliphatic heterocycles. The van der Waals surface area contributed by atoms with E-state index in [4.69, 9.17) is 4.74 Å². The maximum atomic E-state index is 5.29. The van der Waals surface area contributed by atoms with Gasteiger partial charge in [-0.25, -0.2) is 0 Å². The third-order valence-electron chi connectivity index (χ3n) is 6.75. The van der Waals surface area contributed by atoms with Crippen LogP contribution >= 0.6 is 0 Å². The van der Waals surface area contributed by atoms with Crippen molar-refractivity contribution in [3.05, 3.63) is 65.4 Å². The van der Waals surface area contributed by atoms with Crippen LogP contribution in [0.2, 0.25) is 0 Å². The maximum Gasteiger partial charge on any atom is 0.118 e. The van der Waals surface area contributed by atoms with Crippen molar-refractivity contribution in [3.63, 3.8) is 0 Å². The number of fused-ring (bicyclic) bond motifs is 6. The second-order valence-electron chi connectivity index (χ2n) is 8.10. The predicted molar refractivity (Wildman–Crippen MR) is 110 cm³/mol. The fraction of sp³-hybridized carbons (Fsp3) is 0.417. The van der Waals surface area contributed by atoms with E-state index in [1.54, 1.807) is 18.4 Å². The number of ether oxygens (including phenoxy) is 1. The molecule has 2 bridgehead atoms. The first-order chi connectivity index (χ1) is 13.3. The summed E-state index contributed by atoms with van der Waals surface area (Å²) in [5, 5.41) is 1.47. The second-order valence-corrected chi connectivity index (χ2v) is 8.10. The molecule has 3 nitrogen and oxygen atoms in total. The van der Waals surface area contributed by atoms with Gasteiger partial charge in [0.05, 0.1) is 7.11 Å². The summed E-state index contributed by atoms with van der Waals surface area (Å²) in [7, 11) is 4.06. The Bertz CT molecular complexity index is 956. The van der Waals surface area contributed by atoms with E-state index in [0.29, 0.717) is 12.1 Å². The van der Waals surface area contributed by atoms with Crippen LogP contribution in [0.25, 0.3) is 10.9 Å². The summed E-state index contributed by atoms with van der Waals surface area (Å²) in [5.41, 5.74) is 5.99. The molecule has 0 radical (unpaired) electrons. The molecule has 140 valence electrons. The number of hydrogen-bond donors (Lipinski definition) is 0. The van der Waals surface area contributed by atoms with E-state index in [1.165, 1.54) is 42.1 Å². The fourth-order valence-corrected chi connectivity index (χ4v) is 5.29. The molecule has 0 amide bonds. The zero-order chi connectivity index (χ0) is 18.4. The predicted octanol–water partition coefficient (Wildman–Crippen LogP) is 4.97. The maximum absolute atomic E-state index is 5.29. The lowest BCUT2D eigenvalue weighted by Gasteiger charge is -2.44. The van der Waals surface area contributed by atoms with Crippen molar-refractivity contribution >= 4 is 10.9 Å². The van der Waals surface area contributed by atoms with E-state index in [1.807, 2.05) is 0 Å². The zero-order valence-corrected chi connectivity index (χ0v) is 16.3. The fourth-order valence-electron chi connectivity index (χ4n) is 5.29. The van der Waals surface area contributed by atoms with Gasteiger partial charge in [-0.05, 0) is 62.1 Å². The Hall–Kier alpha value is -2.26. The van der Waals surface area contributed by atoms with E-state index in [-0.39, 0.29) is 0 Å². The lowest BCUT2D eigenvalue weighted by atomic mass is 9.82. The molecular formula is C24H28N2O. The number of piperidine rings is 1. The Labute approximate surface area is 161 Å². The molecule has 3 heterocycles. The third kappa shape index (κ3) is 2.76. The zero-order valence-electron chi connectivity index (χ0n) is 16.3. The lowest BCUT2D eigenvalue weighted by Crippen LogP contribution is -2.44. The van der Waals surface area contributed by atoms with Crippen molar-refractivity contribution < 1.29 is 4.74 Å². The molecule has 0 spiro atoms. The number of likely N-dealkylation sites (N-methyl/N-ethyl adjacent to an activating group) is 1. The summed E-state index contributed by atoms with van der Waals surface area (Å²) in [6.07, 6.45) is 6.25. The number of para-hydroxylation sites is 1. The van der Waals surface area contributed by atoms with E-state index in [9.17, 15) is 0 Å². The minimum Gasteiger partial charge on any atom is -0.497 e. The summed E-state index contributed by atoms with van der Waals surface area (Å²) < 4.78 is 7.91. The third-order valence-corrected chi connectivity index (χ3v) is 6.75. The topological polar surface area (TPSA) is 17.4 Å². The smallest absolute Gasteiger partial charge is 0.118 e. The molecule has 2 unspecified atom stereocenters.